The maximum Gasteiger partial charge on any atom is 0.403 e. The minimum absolute atomic E-state index is 0.174. The number of ether oxygens (including phenoxy) is 2. The standard InChI is InChI=1S/C12H16F3NO2/c1-17-9-5-3-8(10(7-9)18-2)4-6-11(16)12(13,14)15/h3,5,7,11H,4,6,16H2,1-2H3. The summed E-state index contributed by atoms with van der Waals surface area (Å²) in [7, 11) is 2.97. The van der Waals surface area contributed by atoms with Crippen molar-refractivity contribution in [3.63, 3.8) is 0 Å². The molecule has 0 aliphatic carbocycles. The van der Waals surface area contributed by atoms with Crippen LogP contribution in [0, 0.1) is 0 Å². The highest BCUT2D eigenvalue weighted by molar-refractivity contribution is 5.40. The number of nitrogens with two attached hydrogens (primary N) is 1. The third-order valence-corrected chi connectivity index (χ3v) is 2.64. The lowest BCUT2D eigenvalue weighted by Gasteiger charge is -2.16. The van der Waals surface area contributed by atoms with Crippen LogP contribution in [0.15, 0.2) is 18.2 Å². The summed E-state index contributed by atoms with van der Waals surface area (Å²) in [6, 6.07) is 3.18. The number of aryl methyl sites for hydroxylation is 1. The highest BCUT2D eigenvalue weighted by Gasteiger charge is 2.36. The summed E-state index contributed by atoms with van der Waals surface area (Å²) in [4.78, 5) is 0. The number of methoxy groups -OCH3 is 2. The van der Waals surface area contributed by atoms with E-state index in [4.69, 9.17) is 15.2 Å². The second-order valence-electron chi connectivity index (χ2n) is 3.86. The molecule has 1 aromatic rings. The van der Waals surface area contributed by atoms with Gasteiger partial charge in [0.25, 0.3) is 0 Å². The van der Waals surface area contributed by atoms with Crippen molar-refractivity contribution in [3.05, 3.63) is 23.8 Å². The maximum absolute atomic E-state index is 12.3. The summed E-state index contributed by atoms with van der Waals surface area (Å²) >= 11 is 0. The first-order chi connectivity index (χ1) is 8.38. The number of halogens is 3. The molecule has 0 radical (unpaired) electrons. The molecule has 1 unspecified atom stereocenters. The summed E-state index contributed by atoms with van der Waals surface area (Å²) < 4.78 is 46.9. The van der Waals surface area contributed by atoms with Crippen LogP contribution in [0.5, 0.6) is 11.5 Å². The summed E-state index contributed by atoms with van der Waals surface area (Å²) in [5, 5.41) is 0. The van der Waals surface area contributed by atoms with Gasteiger partial charge in [-0.3, -0.25) is 0 Å². The predicted molar refractivity (Wildman–Crippen MR) is 61.9 cm³/mol. The molecule has 2 N–H and O–H groups in total. The van der Waals surface area contributed by atoms with Crippen LogP contribution in [0.25, 0.3) is 0 Å². The zero-order chi connectivity index (χ0) is 13.8. The Hall–Kier alpha value is -1.43. The Labute approximate surface area is 104 Å². The van der Waals surface area contributed by atoms with Gasteiger partial charge in [0.15, 0.2) is 0 Å². The largest absolute Gasteiger partial charge is 0.497 e. The molecule has 0 heterocycles. The van der Waals surface area contributed by atoms with Crippen molar-refractivity contribution in [2.45, 2.75) is 25.1 Å². The molecule has 0 aromatic heterocycles. The molecule has 6 heteroatoms. The summed E-state index contributed by atoms with van der Waals surface area (Å²) in [5.41, 5.74) is 5.73. The third-order valence-electron chi connectivity index (χ3n) is 2.64. The second kappa shape index (κ2) is 5.95. The molecule has 1 atom stereocenters. The Bertz CT molecular complexity index is 393. The van der Waals surface area contributed by atoms with E-state index in [1.165, 1.54) is 14.2 Å². The number of rotatable bonds is 5. The van der Waals surface area contributed by atoms with Gasteiger partial charge in [-0.1, -0.05) is 6.07 Å². The van der Waals surface area contributed by atoms with E-state index in [0.717, 1.165) is 0 Å². The molecule has 0 aliphatic rings. The fourth-order valence-electron chi connectivity index (χ4n) is 1.53. The molecule has 3 nitrogen and oxygen atoms in total. The first-order valence-electron chi connectivity index (χ1n) is 5.41. The lowest BCUT2D eigenvalue weighted by molar-refractivity contribution is -0.148. The van der Waals surface area contributed by atoms with Crippen LogP contribution in [-0.4, -0.2) is 26.4 Å². The van der Waals surface area contributed by atoms with Crippen molar-refractivity contribution in [1.29, 1.82) is 0 Å². The van der Waals surface area contributed by atoms with Crippen LogP contribution in [0.1, 0.15) is 12.0 Å². The van der Waals surface area contributed by atoms with Crippen molar-refractivity contribution >= 4 is 0 Å². The van der Waals surface area contributed by atoms with E-state index in [0.29, 0.717) is 17.1 Å². The molecule has 0 saturated heterocycles. The van der Waals surface area contributed by atoms with Crippen LogP contribution in [0.3, 0.4) is 0 Å². The lowest BCUT2D eigenvalue weighted by atomic mass is 10.0. The lowest BCUT2D eigenvalue weighted by Crippen LogP contribution is -2.37. The molecule has 0 amide bonds. The third kappa shape index (κ3) is 3.80. The van der Waals surface area contributed by atoms with E-state index in [9.17, 15) is 13.2 Å². The van der Waals surface area contributed by atoms with Gasteiger partial charge in [0, 0.05) is 6.07 Å². The molecule has 1 rings (SSSR count). The molecule has 0 bridgehead atoms. The van der Waals surface area contributed by atoms with Gasteiger partial charge in [-0.05, 0) is 24.5 Å². The predicted octanol–water partition coefficient (Wildman–Crippen LogP) is 2.53. The van der Waals surface area contributed by atoms with Crippen molar-refractivity contribution in [1.82, 2.24) is 0 Å². The van der Waals surface area contributed by atoms with Gasteiger partial charge < -0.3 is 15.2 Å². The fraction of sp³-hybridized carbons (Fsp3) is 0.500. The zero-order valence-electron chi connectivity index (χ0n) is 10.3. The van der Waals surface area contributed by atoms with Gasteiger partial charge in [0.05, 0.1) is 14.2 Å². The van der Waals surface area contributed by atoms with Crippen LogP contribution >= 0.6 is 0 Å². The highest BCUT2D eigenvalue weighted by Crippen LogP contribution is 2.28. The Morgan fingerprint density at radius 3 is 2.39 bits per heavy atom. The van der Waals surface area contributed by atoms with E-state index in [2.05, 4.69) is 0 Å². The molecule has 102 valence electrons. The minimum atomic E-state index is -4.36. The molecule has 0 aliphatic heterocycles. The first-order valence-corrected chi connectivity index (χ1v) is 5.41. The van der Waals surface area contributed by atoms with Gasteiger partial charge >= 0.3 is 6.18 Å². The van der Waals surface area contributed by atoms with Gasteiger partial charge in [-0.25, -0.2) is 0 Å². The minimum Gasteiger partial charge on any atom is -0.497 e. The fourth-order valence-corrected chi connectivity index (χ4v) is 1.53. The average molecular weight is 263 g/mol. The van der Waals surface area contributed by atoms with Crippen LogP contribution < -0.4 is 15.2 Å². The molecular weight excluding hydrogens is 247 g/mol. The molecular formula is C12H16F3NO2. The van der Waals surface area contributed by atoms with Gasteiger partial charge in [0.2, 0.25) is 0 Å². The Kier molecular flexibility index (Phi) is 4.84. The Morgan fingerprint density at radius 2 is 1.89 bits per heavy atom. The van der Waals surface area contributed by atoms with Gasteiger partial charge in [0.1, 0.15) is 17.5 Å². The van der Waals surface area contributed by atoms with Crippen molar-refractivity contribution in [2.75, 3.05) is 14.2 Å². The number of alkyl halides is 3. The van der Waals surface area contributed by atoms with E-state index >= 15 is 0 Å². The molecule has 1 aromatic carbocycles. The Morgan fingerprint density at radius 1 is 1.22 bits per heavy atom. The van der Waals surface area contributed by atoms with Gasteiger partial charge in [-0.15, -0.1) is 0 Å². The van der Waals surface area contributed by atoms with E-state index in [1.54, 1.807) is 18.2 Å². The van der Waals surface area contributed by atoms with E-state index < -0.39 is 12.2 Å². The van der Waals surface area contributed by atoms with E-state index in [1.807, 2.05) is 0 Å². The van der Waals surface area contributed by atoms with Crippen LogP contribution in [0.4, 0.5) is 13.2 Å². The van der Waals surface area contributed by atoms with Crippen molar-refractivity contribution < 1.29 is 22.6 Å². The van der Waals surface area contributed by atoms with Crippen molar-refractivity contribution in [3.8, 4) is 11.5 Å². The zero-order valence-corrected chi connectivity index (χ0v) is 10.3. The smallest absolute Gasteiger partial charge is 0.403 e. The second-order valence-corrected chi connectivity index (χ2v) is 3.86. The summed E-state index contributed by atoms with van der Waals surface area (Å²) in [6.07, 6.45) is -4.33. The molecule has 0 fully saturated rings. The van der Waals surface area contributed by atoms with Crippen molar-refractivity contribution in [2.24, 2.45) is 5.73 Å². The van der Waals surface area contributed by atoms with Gasteiger partial charge in [-0.2, -0.15) is 13.2 Å². The topological polar surface area (TPSA) is 44.5 Å². The number of hydrogen-bond acceptors (Lipinski definition) is 3. The average Bonchev–Trinajstić information content (AvgIpc) is 2.34. The Balaban J connectivity index is 2.73. The monoisotopic (exact) mass is 263 g/mol. The van der Waals surface area contributed by atoms with E-state index in [-0.39, 0.29) is 12.8 Å². The molecule has 18 heavy (non-hydrogen) atoms. The SMILES string of the molecule is COc1ccc(CCC(N)C(F)(F)F)c(OC)c1. The van der Waals surface area contributed by atoms with Crippen LogP contribution in [-0.2, 0) is 6.42 Å². The van der Waals surface area contributed by atoms with Crippen LogP contribution in [0.2, 0.25) is 0 Å². The normalized spacial score (nSPS) is 13.2. The molecule has 0 saturated carbocycles. The quantitative estimate of drug-likeness (QED) is 0.887. The highest BCUT2D eigenvalue weighted by atomic mass is 19.4. The summed E-state index contributed by atoms with van der Waals surface area (Å²) in [5.74, 6) is 1.10. The maximum atomic E-state index is 12.3. The number of benzene rings is 1. The molecule has 0 spiro atoms. The summed E-state index contributed by atoms with van der Waals surface area (Å²) in [6.45, 7) is 0. The first kappa shape index (κ1) is 14.6. The number of hydrogen-bond donors (Lipinski definition) is 1.